The Labute approximate surface area is 219 Å². The molecule has 1 atom stereocenters. The maximum absolute atomic E-state index is 13.6. The van der Waals surface area contributed by atoms with Crippen molar-refractivity contribution in [1.82, 2.24) is 4.57 Å². The average molecular weight is 542 g/mol. The number of hydrogen-bond donors (Lipinski definition) is 2. The minimum absolute atomic E-state index is 0.0526. The van der Waals surface area contributed by atoms with Gasteiger partial charge in [-0.15, -0.1) is 0 Å². The van der Waals surface area contributed by atoms with Crippen molar-refractivity contribution in [2.75, 3.05) is 20.3 Å². The highest BCUT2D eigenvalue weighted by Gasteiger charge is 2.31. The van der Waals surface area contributed by atoms with Crippen LogP contribution in [-0.2, 0) is 9.53 Å². The van der Waals surface area contributed by atoms with Crippen LogP contribution in [0.1, 0.15) is 31.0 Å². The molecule has 0 bridgehead atoms. The van der Waals surface area contributed by atoms with E-state index < -0.39 is 39.7 Å². The first-order valence-corrected chi connectivity index (χ1v) is 12.2. The van der Waals surface area contributed by atoms with E-state index in [-0.39, 0.29) is 20.5 Å². The van der Waals surface area contributed by atoms with E-state index in [0.29, 0.717) is 30.3 Å². The van der Waals surface area contributed by atoms with Crippen LogP contribution in [0.25, 0.3) is 6.08 Å². The Morgan fingerprint density at radius 1 is 1.16 bits per heavy atom. The van der Waals surface area contributed by atoms with Gasteiger partial charge in [0.2, 0.25) is 0 Å². The highest BCUT2D eigenvalue weighted by Crippen LogP contribution is 2.35. The van der Waals surface area contributed by atoms with Crippen LogP contribution < -0.4 is 24.4 Å². The van der Waals surface area contributed by atoms with Crippen LogP contribution in [0.3, 0.4) is 0 Å². The molecule has 0 unspecified atom stereocenters. The predicted molar refractivity (Wildman–Crippen MR) is 136 cm³/mol. The number of aromatic nitrogens is 1. The minimum Gasteiger partial charge on any atom is -0.507 e. The van der Waals surface area contributed by atoms with Crippen LogP contribution in [0, 0.1) is 10.1 Å². The number of benzene rings is 2. The van der Waals surface area contributed by atoms with E-state index in [1.54, 1.807) is 18.2 Å². The minimum atomic E-state index is -0.932. The maximum Gasteiger partial charge on any atom is 0.337 e. The monoisotopic (exact) mass is 541 g/mol. The van der Waals surface area contributed by atoms with Crippen molar-refractivity contribution in [2.24, 2.45) is 4.99 Å². The molecule has 1 aliphatic heterocycles. The number of phenolic OH excluding ortho intramolecular Hbond substituents is 2. The SMILES string of the molecule is CCOc1ccc([C@H]2C(C(=O)OC)=CN=c3s/c(=C\c4cc([N+](=O)[O-])c(O)cc4O)c(=O)n32)cc1OCC. The summed E-state index contributed by atoms with van der Waals surface area (Å²) in [7, 11) is 1.22. The van der Waals surface area contributed by atoms with Gasteiger partial charge in [0.15, 0.2) is 22.0 Å². The van der Waals surface area contributed by atoms with E-state index >= 15 is 0 Å². The third-order valence-electron chi connectivity index (χ3n) is 5.62. The van der Waals surface area contributed by atoms with Gasteiger partial charge >= 0.3 is 11.7 Å². The van der Waals surface area contributed by atoms with Crippen LogP contribution in [0.15, 0.2) is 51.9 Å². The number of hydrogen-bond acceptors (Lipinski definition) is 11. The Morgan fingerprint density at radius 2 is 1.87 bits per heavy atom. The first-order valence-electron chi connectivity index (χ1n) is 11.4. The quantitative estimate of drug-likeness (QED) is 0.247. The van der Waals surface area contributed by atoms with Gasteiger partial charge in [-0.1, -0.05) is 17.4 Å². The number of esters is 1. The molecule has 4 rings (SSSR count). The number of carbonyl (C=O) groups is 1. The first kappa shape index (κ1) is 26.4. The summed E-state index contributed by atoms with van der Waals surface area (Å²) in [5, 5.41) is 31.2. The molecule has 0 saturated carbocycles. The number of rotatable bonds is 8. The average Bonchev–Trinajstić information content (AvgIpc) is 3.20. The Kier molecular flexibility index (Phi) is 7.48. The van der Waals surface area contributed by atoms with Crippen LogP contribution in [-0.4, -0.2) is 46.0 Å². The molecule has 0 radical (unpaired) electrons. The van der Waals surface area contributed by atoms with Crippen molar-refractivity contribution in [3.63, 3.8) is 0 Å². The normalized spacial score (nSPS) is 14.8. The van der Waals surface area contributed by atoms with Gasteiger partial charge in [0.05, 0.1) is 41.4 Å². The summed E-state index contributed by atoms with van der Waals surface area (Å²) in [6.45, 7) is 4.41. The molecule has 13 heteroatoms. The fourth-order valence-electron chi connectivity index (χ4n) is 3.97. The molecule has 1 aromatic heterocycles. The summed E-state index contributed by atoms with van der Waals surface area (Å²) in [5.74, 6) is -0.935. The zero-order chi connectivity index (χ0) is 27.6. The van der Waals surface area contributed by atoms with E-state index in [0.717, 1.165) is 23.5 Å². The summed E-state index contributed by atoms with van der Waals surface area (Å²) in [5.41, 5.74) is -0.621. The number of nitro groups is 1. The van der Waals surface area contributed by atoms with E-state index in [4.69, 9.17) is 14.2 Å². The number of nitro benzene ring substituents is 1. The topological polar surface area (TPSA) is 163 Å². The Morgan fingerprint density at radius 3 is 2.53 bits per heavy atom. The molecule has 0 aliphatic carbocycles. The molecule has 2 aromatic carbocycles. The zero-order valence-corrected chi connectivity index (χ0v) is 21.4. The summed E-state index contributed by atoms with van der Waals surface area (Å²) >= 11 is 0.962. The van der Waals surface area contributed by atoms with Crippen LogP contribution in [0.5, 0.6) is 23.0 Å². The number of phenols is 2. The van der Waals surface area contributed by atoms with Crippen molar-refractivity contribution < 1.29 is 34.1 Å². The number of nitrogens with zero attached hydrogens (tertiary/aromatic N) is 3. The van der Waals surface area contributed by atoms with Gasteiger partial charge in [-0.3, -0.25) is 19.5 Å². The van der Waals surface area contributed by atoms with Crippen molar-refractivity contribution in [3.05, 3.63) is 83.0 Å². The lowest BCUT2D eigenvalue weighted by Crippen LogP contribution is -2.39. The number of thiazole rings is 1. The van der Waals surface area contributed by atoms with Crippen molar-refractivity contribution in [1.29, 1.82) is 0 Å². The van der Waals surface area contributed by atoms with Crippen molar-refractivity contribution in [3.8, 4) is 23.0 Å². The number of methoxy groups -OCH3 is 1. The second-order valence-electron chi connectivity index (χ2n) is 7.91. The second-order valence-corrected chi connectivity index (χ2v) is 8.91. The van der Waals surface area contributed by atoms with Crippen LogP contribution in [0.4, 0.5) is 5.69 Å². The summed E-state index contributed by atoms with van der Waals surface area (Å²) in [4.78, 5) is 41.2. The van der Waals surface area contributed by atoms with Gasteiger partial charge in [-0.05, 0) is 37.6 Å². The lowest BCUT2D eigenvalue weighted by atomic mass is 9.97. The highest BCUT2D eigenvalue weighted by atomic mass is 32.1. The smallest absolute Gasteiger partial charge is 0.337 e. The lowest BCUT2D eigenvalue weighted by Gasteiger charge is -2.23. The molecule has 2 heterocycles. The third kappa shape index (κ3) is 4.83. The van der Waals surface area contributed by atoms with Gasteiger partial charge in [-0.25, -0.2) is 9.79 Å². The number of fused-ring (bicyclic) bond motifs is 1. The molecule has 3 aromatic rings. The zero-order valence-electron chi connectivity index (χ0n) is 20.5. The second kappa shape index (κ2) is 10.8. The predicted octanol–water partition coefficient (Wildman–Crippen LogP) is 2.13. The van der Waals surface area contributed by atoms with E-state index in [9.17, 15) is 29.9 Å². The Hall–Kier alpha value is -4.65. The van der Waals surface area contributed by atoms with E-state index in [1.165, 1.54) is 24.0 Å². The van der Waals surface area contributed by atoms with Gasteiger partial charge in [0.1, 0.15) is 5.75 Å². The molecule has 1 aliphatic rings. The largest absolute Gasteiger partial charge is 0.507 e. The summed E-state index contributed by atoms with van der Waals surface area (Å²) < 4.78 is 17.7. The standard InChI is InChI=1S/C25H23N3O9S/c1-4-36-19-7-6-13(9-20(19)37-5-2)22-15(24(32)35-3)12-26-25-27(22)23(31)21(38-25)10-14-8-16(28(33)34)18(30)11-17(14)29/h6-12,22,29-30H,4-5H2,1-3H3/b21-10-/t22-/m0/s1. The van der Waals surface area contributed by atoms with Crippen LogP contribution in [0.2, 0.25) is 0 Å². The van der Waals surface area contributed by atoms with Gasteiger partial charge in [0, 0.05) is 23.9 Å². The first-order chi connectivity index (χ1) is 18.2. The molecule has 198 valence electrons. The highest BCUT2D eigenvalue weighted by molar-refractivity contribution is 7.07. The molecule has 38 heavy (non-hydrogen) atoms. The number of ether oxygens (including phenoxy) is 3. The summed E-state index contributed by atoms with van der Waals surface area (Å²) in [6.07, 6.45) is 2.58. The molecule has 2 N–H and O–H groups in total. The third-order valence-corrected chi connectivity index (χ3v) is 6.61. The molecule has 12 nitrogen and oxygen atoms in total. The number of aromatic hydroxyl groups is 2. The molecular formula is C25H23N3O9S. The van der Waals surface area contributed by atoms with Gasteiger partial charge in [0.25, 0.3) is 5.56 Å². The van der Waals surface area contributed by atoms with E-state index in [1.807, 2.05) is 13.8 Å². The van der Waals surface area contributed by atoms with Gasteiger partial charge < -0.3 is 24.4 Å². The van der Waals surface area contributed by atoms with Crippen molar-refractivity contribution in [2.45, 2.75) is 19.9 Å². The molecular weight excluding hydrogens is 518 g/mol. The molecule has 0 fully saturated rings. The van der Waals surface area contributed by atoms with E-state index in [2.05, 4.69) is 4.99 Å². The molecule has 0 spiro atoms. The number of carbonyl (C=O) groups excluding carboxylic acids is 1. The molecule has 0 amide bonds. The fourth-order valence-corrected chi connectivity index (χ4v) is 4.93. The van der Waals surface area contributed by atoms with Crippen LogP contribution >= 0.6 is 11.3 Å². The van der Waals surface area contributed by atoms with Gasteiger partial charge in [-0.2, -0.15) is 0 Å². The lowest BCUT2D eigenvalue weighted by molar-refractivity contribution is -0.385. The van der Waals surface area contributed by atoms with Crippen molar-refractivity contribution >= 4 is 29.1 Å². The summed E-state index contributed by atoms with van der Waals surface area (Å²) in [6, 6.07) is 5.91. The maximum atomic E-state index is 13.6. The Balaban J connectivity index is 1.93. The Bertz CT molecular complexity index is 1640. The molecule has 0 saturated heterocycles. The fraction of sp³-hybridized carbons (Fsp3) is 0.240.